The molecule has 0 unspecified atom stereocenters. The largest absolute Gasteiger partial charge is 0.484 e. The summed E-state index contributed by atoms with van der Waals surface area (Å²) < 4.78 is 10.6. The topological polar surface area (TPSA) is 143 Å². The van der Waals surface area contributed by atoms with Crippen LogP contribution in [0, 0.1) is 0 Å². The minimum atomic E-state index is -1.34. The van der Waals surface area contributed by atoms with Gasteiger partial charge in [-0.15, -0.1) is 0 Å². The average molecular weight is 425 g/mol. The zero-order chi connectivity index (χ0) is 22.4. The van der Waals surface area contributed by atoms with Crippen LogP contribution in [-0.4, -0.2) is 40.7 Å². The van der Waals surface area contributed by atoms with Gasteiger partial charge in [0.05, 0.1) is 0 Å². The summed E-state index contributed by atoms with van der Waals surface area (Å²) in [6, 6.07) is 14.1. The standard InChI is InChI=1S/C22H19NO8/c24-19(23-17(22(28)29)8-9-20(25)26)12-30-14-6-7-15-16(13-4-2-1-3-5-13)11-21(27)31-18(15)10-14/h1-7,10-11,17H,8-9,12H2,(H,23,24)(H,25,26)(H,28,29)/t17-/m0/s1. The third-order valence-electron chi connectivity index (χ3n) is 4.45. The molecule has 2 aromatic carbocycles. The van der Waals surface area contributed by atoms with Crippen LogP contribution in [0.2, 0.25) is 0 Å². The number of hydrogen-bond donors (Lipinski definition) is 3. The zero-order valence-electron chi connectivity index (χ0n) is 16.2. The van der Waals surface area contributed by atoms with Crippen molar-refractivity contribution in [1.82, 2.24) is 5.32 Å². The monoisotopic (exact) mass is 425 g/mol. The van der Waals surface area contributed by atoms with E-state index >= 15 is 0 Å². The SMILES string of the molecule is O=C(O)CC[C@H](NC(=O)COc1ccc2c(-c3ccccc3)cc(=O)oc2c1)C(=O)O. The van der Waals surface area contributed by atoms with Crippen LogP contribution in [0.25, 0.3) is 22.1 Å². The molecule has 0 saturated carbocycles. The molecule has 0 saturated heterocycles. The minimum Gasteiger partial charge on any atom is -0.484 e. The number of carboxylic acids is 2. The van der Waals surface area contributed by atoms with E-state index in [9.17, 15) is 19.2 Å². The second-order valence-corrected chi connectivity index (χ2v) is 6.68. The van der Waals surface area contributed by atoms with Crippen molar-refractivity contribution in [2.24, 2.45) is 0 Å². The Balaban J connectivity index is 1.72. The maximum absolute atomic E-state index is 12.0. The molecule has 3 rings (SSSR count). The molecular weight excluding hydrogens is 406 g/mol. The Morgan fingerprint density at radius 1 is 1.03 bits per heavy atom. The molecule has 0 aliphatic heterocycles. The van der Waals surface area contributed by atoms with Crippen molar-refractivity contribution in [3.05, 3.63) is 65.0 Å². The van der Waals surface area contributed by atoms with Gasteiger partial charge in [-0.2, -0.15) is 0 Å². The molecule has 0 radical (unpaired) electrons. The predicted octanol–water partition coefficient (Wildman–Crippen LogP) is 2.27. The third kappa shape index (κ3) is 5.69. The van der Waals surface area contributed by atoms with Gasteiger partial charge in [-0.3, -0.25) is 9.59 Å². The second kappa shape index (κ2) is 9.57. The van der Waals surface area contributed by atoms with E-state index in [4.69, 9.17) is 19.4 Å². The molecule has 0 aliphatic carbocycles. The number of rotatable bonds is 9. The highest BCUT2D eigenvalue weighted by atomic mass is 16.5. The molecule has 0 bridgehead atoms. The van der Waals surface area contributed by atoms with Gasteiger partial charge in [0.15, 0.2) is 6.61 Å². The van der Waals surface area contributed by atoms with Gasteiger partial charge >= 0.3 is 17.6 Å². The van der Waals surface area contributed by atoms with E-state index in [-0.39, 0.29) is 17.8 Å². The van der Waals surface area contributed by atoms with Crippen molar-refractivity contribution in [3.63, 3.8) is 0 Å². The molecule has 0 spiro atoms. The number of hydrogen-bond acceptors (Lipinski definition) is 6. The second-order valence-electron chi connectivity index (χ2n) is 6.68. The number of aliphatic carboxylic acids is 2. The zero-order valence-corrected chi connectivity index (χ0v) is 16.2. The summed E-state index contributed by atoms with van der Waals surface area (Å²) in [5, 5.41) is 20.7. The molecule has 0 fully saturated rings. The molecule has 9 nitrogen and oxygen atoms in total. The highest BCUT2D eigenvalue weighted by molar-refractivity contribution is 5.93. The lowest BCUT2D eigenvalue weighted by atomic mass is 10.0. The van der Waals surface area contributed by atoms with Crippen molar-refractivity contribution in [2.75, 3.05) is 6.61 Å². The Bertz CT molecular complexity index is 1170. The predicted molar refractivity (Wildman–Crippen MR) is 110 cm³/mol. The maximum Gasteiger partial charge on any atom is 0.336 e. The molecule has 1 atom stereocenters. The van der Waals surface area contributed by atoms with Gasteiger partial charge in [0.2, 0.25) is 0 Å². The van der Waals surface area contributed by atoms with Crippen molar-refractivity contribution in [3.8, 4) is 16.9 Å². The first kappa shape index (κ1) is 21.6. The van der Waals surface area contributed by atoms with E-state index in [2.05, 4.69) is 5.32 Å². The summed E-state index contributed by atoms with van der Waals surface area (Å²) in [6.07, 6.45) is -0.647. The lowest BCUT2D eigenvalue weighted by Gasteiger charge is -2.14. The molecule has 3 N–H and O–H groups in total. The van der Waals surface area contributed by atoms with Crippen LogP contribution in [0.4, 0.5) is 0 Å². The van der Waals surface area contributed by atoms with Gasteiger partial charge in [-0.25, -0.2) is 9.59 Å². The number of amides is 1. The third-order valence-corrected chi connectivity index (χ3v) is 4.45. The smallest absolute Gasteiger partial charge is 0.336 e. The first-order chi connectivity index (χ1) is 14.8. The van der Waals surface area contributed by atoms with Crippen LogP contribution < -0.4 is 15.7 Å². The van der Waals surface area contributed by atoms with E-state index in [1.54, 1.807) is 12.1 Å². The van der Waals surface area contributed by atoms with Crippen molar-refractivity contribution < 1.29 is 33.8 Å². The number of nitrogens with one attached hydrogen (secondary N) is 1. The molecular formula is C22H19NO8. The number of ether oxygens (including phenoxy) is 1. The van der Waals surface area contributed by atoms with Crippen LogP contribution in [-0.2, 0) is 14.4 Å². The molecule has 0 aliphatic rings. The Morgan fingerprint density at radius 3 is 2.45 bits per heavy atom. The van der Waals surface area contributed by atoms with Gasteiger partial charge in [0, 0.05) is 23.9 Å². The van der Waals surface area contributed by atoms with Crippen molar-refractivity contribution in [1.29, 1.82) is 0 Å². The quantitative estimate of drug-likeness (QED) is 0.443. The highest BCUT2D eigenvalue weighted by Crippen LogP contribution is 2.29. The Hall–Kier alpha value is -4.14. The van der Waals surface area contributed by atoms with Gasteiger partial charge in [-0.1, -0.05) is 30.3 Å². The normalized spacial score (nSPS) is 11.6. The van der Waals surface area contributed by atoms with Crippen molar-refractivity contribution >= 4 is 28.8 Å². The molecule has 9 heteroatoms. The van der Waals surface area contributed by atoms with E-state index < -0.39 is 42.5 Å². The number of fused-ring (bicyclic) bond motifs is 1. The fourth-order valence-electron chi connectivity index (χ4n) is 3.00. The average Bonchev–Trinajstić information content (AvgIpc) is 2.74. The Labute approximate surface area is 175 Å². The Morgan fingerprint density at radius 2 is 1.77 bits per heavy atom. The van der Waals surface area contributed by atoms with Crippen LogP contribution in [0.1, 0.15) is 12.8 Å². The Kier molecular flexibility index (Phi) is 6.66. The van der Waals surface area contributed by atoms with Gasteiger partial charge < -0.3 is 24.7 Å². The molecule has 160 valence electrons. The number of carbonyl (C=O) groups excluding carboxylic acids is 1. The van der Waals surface area contributed by atoms with Gasteiger partial charge in [0.25, 0.3) is 5.91 Å². The summed E-state index contributed by atoms with van der Waals surface area (Å²) in [4.78, 5) is 45.8. The number of benzene rings is 2. The number of carbonyl (C=O) groups is 3. The fourth-order valence-corrected chi connectivity index (χ4v) is 3.00. The summed E-state index contributed by atoms with van der Waals surface area (Å²) in [6.45, 7) is -0.495. The summed E-state index contributed by atoms with van der Waals surface area (Å²) in [5.41, 5.74) is 1.27. The summed E-state index contributed by atoms with van der Waals surface area (Å²) in [5.74, 6) is -2.98. The van der Waals surface area contributed by atoms with Crippen LogP contribution in [0.15, 0.2) is 63.8 Å². The minimum absolute atomic E-state index is 0.244. The molecule has 3 aromatic rings. The van der Waals surface area contributed by atoms with E-state index in [1.807, 2.05) is 30.3 Å². The molecule has 1 amide bonds. The molecule has 1 aromatic heterocycles. The first-order valence-electron chi connectivity index (χ1n) is 9.33. The van der Waals surface area contributed by atoms with E-state index in [0.717, 1.165) is 5.56 Å². The van der Waals surface area contributed by atoms with Crippen molar-refractivity contribution in [2.45, 2.75) is 18.9 Å². The van der Waals surface area contributed by atoms with Crippen LogP contribution >= 0.6 is 0 Å². The van der Waals surface area contributed by atoms with Gasteiger partial charge in [-0.05, 0) is 29.7 Å². The fraction of sp³-hybridized carbons (Fsp3) is 0.182. The highest BCUT2D eigenvalue weighted by Gasteiger charge is 2.21. The van der Waals surface area contributed by atoms with Crippen LogP contribution in [0.5, 0.6) is 5.75 Å². The molecule has 1 heterocycles. The summed E-state index contributed by atoms with van der Waals surface area (Å²) >= 11 is 0. The first-order valence-corrected chi connectivity index (χ1v) is 9.33. The summed E-state index contributed by atoms with van der Waals surface area (Å²) in [7, 11) is 0. The van der Waals surface area contributed by atoms with Crippen LogP contribution in [0.3, 0.4) is 0 Å². The number of carboxylic acid groups (broad SMARTS) is 2. The van der Waals surface area contributed by atoms with Gasteiger partial charge in [0.1, 0.15) is 17.4 Å². The van der Waals surface area contributed by atoms with E-state index in [1.165, 1.54) is 12.1 Å². The van der Waals surface area contributed by atoms with E-state index in [0.29, 0.717) is 10.9 Å². The lowest BCUT2D eigenvalue weighted by Crippen LogP contribution is -2.43. The lowest BCUT2D eigenvalue weighted by molar-refractivity contribution is -0.143. The molecule has 31 heavy (non-hydrogen) atoms. The maximum atomic E-state index is 12.0.